The Morgan fingerprint density at radius 1 is 1.03 bits per heavy atom. The SMILES string of the molecule is Cc1ccc2oc(C(=O)NC[C@H]3CC[C@@H](Nc4nc(N(C)C)c5ccccc5n4)CC3)cc(=O)c2c1. The second-order valence-electron chi connectivity index (χ2n) is 9.83. The van der Waals surface area contributed by atoms with E-state index in [1.807, 2.05) is 56.3 Å². The molecule has 2 aromatic carbocycles. The van der Waals surface area contributed by atoms with Crippen molar-refractivity contribution in [2.45, 2.75) is 38.6 Å². The highest BCUT2D eigenvalue weighted by molar-refractivity contribution is 5.93. The number of anilines is 2. The van der Waals surface area contributed by atoms with Crippen molar-refractivity contribution < 1.29 is 9.21 Å². The van der Waals surface area contributed by atoms with Crippen molar-refractivity contribution in [3.05, 3.63) is 70.1 Å². The molecule has 0 aliphatic heterocycles. The number of fused-ring (bicyclic) bond motifs is 2. The van der Waals surface area contributed by atoms with Crippen LogP contribution in [-0.4, -0.2) is 42.6 Å². The average molecular weight is 486 g/mol. The van der Waals surface area contributed by atoms with Crippen LogP contribution in [0.4, 0.5) is 11.8 Å². The molecule has 0 radical (unpaired) electrons. The van der Waals surface area contributed by atoms with Gasteiger partial charge in [0.1, 0.15) is 11.4 Å². The molecule has 186 valence electrons. The van der Waals surface area contributed by atoms with E-state index in [-0.39, 0.29) is 23.1 Å². The first kappa shape index (κ1) is 23.8. The molecule has 8 nitrogen and oxygen atoms in total. The Kier molecular flexibility index (Phi) is 6.59. The van der Waals surface area contributed by atoms with Gasteiger partial charge in [-0.1, -0.05) is 23.8 Å². The molecule has 0 bridgehead atoms. The topological polar surface area (TPSA) is 100 Å². The molecule has 36 heavy (non-hydrogen) atoms. The number of aromatic nitrogens is 2. The second-order valence-corrected chi connectivity index (χ2v) is 9.83. The molecular formula is C28H31N5O3. The summed E-state index contributed by atoms with van der Waals surface area (Å²) in [6.07, 6.45) is 3.90. The van der Waals surface area contributed by atoms with Gasteiger partial charge >= 0.3 is 0 Å². The molecule has 5 rings (SSSR count). The quantitative estimate of drug-likeness (QED) is 0.414. The summed E-state index contributed by atoms with van der Waals surface area (Å²) in [6.45, 7) is 2.47. The maximum atomic E-state index is 12.7. The highest BCUT2D eigenvalue weighted by Gasteiger charge is 2.23. The fourth-order valence-electron chi connectivity index (χ4n) is 4.86. The second kappa shape index (κ2) is 9.97. The number of hydrogen-bond donors (Lipinski definition) is 2. The Labute approximate surface area is 209 Å². The molecule has 0 atom stereocenters. The zero-order valence-corrected chi connectivity index (χ0v) is 20.9. The first-order valence-corrected chi connectivity index (χ1v) is 12.4. The minimum Gasteiger partial charge on any atom is -0.451 e. The number of rotatable bonds is 6. The lowest BCUT2D eigenvalue weighted by atomic mass is 9.86. The molecular weight excluding hydrogens is 454 g/mol. The number of benzene rings is 2. The van der Waals surface area contributed by atoms with E-state index in [1.165, 1.54) is 6.07 Å². The van der Waals surface area contributed by atoms with Crippen LogP contribution < -0.4 is 21.0 Å². The molecule has 1 aliphatic carbocycles. The van der Waals surface area contributed by atoms with E-state index in [9.17, 15) is 9.59 Å². The van der Waals surface area contributed by atoms with Crippen LogP contribution >= 0.6 is 0 Å². The zero-order chi connectivity index (χ0) is 25.2. The first-order valence-electron chi connectivity index (χ1n) is 12.4. The maximum Gasteiger partial charge on any atom is 0.287 e. The number of carbonyl (C=O) groups excluding carboxylic acids is 1. The number of hydrogen-bond acceptors (Lipinski definition) is 7. The van der Waals surface area contributed by atoms with Gasteiger partial charge in [0.25, 0.3) is 5.91 Å². The van der Waals surface area contributed by atoms with Crippen molar-refractivity contribution in [3.8, 4) is 0 Å². The fourth-order valence-corrected chi connectivity index (χ4v) is 4.86. The van der Waals surface area contributed by atoms with E-state index in [0.717, 1.165) is 48.0 Å². The molecule has 0 saturated heterocycles. The van der Waals surface area contributed by atoms with E-state index in [4.69, 9.17) is 14.4 Å². The third-order valence-electron chi connectivity index (χ3n) is 6.84. The van der Waals surface area contributed by atoms with E-state index in [0.29, 0.717) is 29.4 Å². The molecule has 1 amide bonds. The van der Waals surface area contributed by atoms with Gasteiger partial charge in [-0.25, -0.2) is 4.98 Å². The van der Waals surface area contributed by atoms with Crippen molar-refractivity contribution in [1.29, 1.82) is 0 Å². The smallest absolute Gasteiger partial charge is 0.287 e. The predicted octanol–water partition coefficient (Wildman–Crippen LogP) is 4.51. The molecule has 8 heteroatoms. The summed E-state index contributed by atoms with van der Waals surface area (Å²) in [5.74, 6) is 1.62. The monoisotopic (exact) mass is 485 g/mol. The van der Waals surface area contributed by atoms with Crippen molar-refractivity contribution in [1.82, 2.24) is 15.3 Å². The fraction of sp³-hybridized carbons (Fsp3) is 0.357. The zero-order valence-electron chi connectivity index (χ0n) is 20.9. The van der Waals surface area contributed by atoms with Crippen molar-refractivity contribution in [2.75, 3.05) is 30.9 Å². The van der Waals surface area contributed by atoms with Crippen LogP contribution in [0.5, 0.6) is 0 Å². The average Bonchev–Trinajstić information content (AvgIpc) is 2.88. The third-order valence-corrected chi connectivity index (χ3v) is 6.84. The van der Waals surface area contributed by atoms with Gasteiger partial charge in [-0.05, 0) is 62.8 Å². The third kappa shape index (κ3) is 5.03. The van der Waals surface area contributed by atoms with Gasteiger partial charge < -0.3 is 20.0 Å². The van der Waals surface area contributed by atoms with Crippen LogP contribution in [0.25, 0.3) is 21.9 Å². The van der Waals surface area contributed by atoms with Gasteiger partial charge in [0.15, 0.2) is 11.2 Å². The Bertz CT molecular complexity index is 1470. The van der Waals surface area contributed by atoms with E-state index >= 15 is 0 Å². The van der Waals surface area contributed by atoms with Crippen LogP contribution in [0.1, 0.15) is 41.8 Å². The van der Waals surface area contributed by atoms with Gasteiger partial charge in [-0.2, -0.15) is 4.98 Å². The van der Waals surface area contributed by atoms with Crippen LogP contribution in [0, 0.1) is 12.8 Å². The number of nitrogens with zero attached hydrogens (tertiary/aromatic N) is 3. The van der Waals surface area contributed by atoms with Gasteiger partial charge in [0.2, 0.25) is 5.95 Å². The largest absolute Gasteiger partial charge is 0.451 e. The van der Waals surface area contributed by atoms with E-state index < -0.39 is 0 Å². The number of amides is 1. The maximum absolute atomic E-state index is 12.7. The highest BCUT2D eigenvalue weighted by atomic mass is 16.3. The minimum absolute atomic E-state index is 0.0526. The Hall–Kier alpha value is -3.94. The van der Waals surface area contributed by atoms with Crippen LogP contribution in [-0.2, 0) is 0 Å². The van der Waals surface area contributed by atoms with Crippen LogP contribution in [0.3, 0.4) is 0 Å². The van der Waals surface area contributed by atoms with Crippen molar-refractivity contribution in [3.63, 3.8) is 0 Å². The van der Waals surface area contributed by atoms with Gasteiger partial charge in [0.05, 0.1) is 10.9 Å². The lowest BCUT2D eigenvalue weighted by Gasteiger charge is -2.29. The summed E-state index contributed by atoms with van der Waals surface area (Å²) in [6, 6.07) is 15.0. The molecule has 4 aromatic rings. The molecule has 1 fully saturated rings. The lowest BCUT2D eigenvalue weighted by molar-refractivity contribution is 0.0916. The van der Waals surface area contributed by atoms with Crippen molar-refractivity contribution in [2.24, 2.45) is 5.92 Å². The predicted molar refractivity (Wildman–Crippen MR) is 143 cm³/mol. The molecule has 1 saturated carbocycles. The molecule has 1 aliphatic rings. The Balaban J connectivity index is 1.17. The number of aryl methyl sites for hydroxylation is 1. The summed E-state index contributed by atoms with van der Waals surface area (Å²) in [5.41, 5.74) is 2.12. The molecule has 2 aromatic heterocycles. The standard InChI is InChI=1S/C28H31N5O3/c1-17-8-13-24-21(14-17)23(34)15-25(36-24)27(35)29-16-18-9-11-19(12-10-18)30-28-31-22-7-5-4-6-20(22)26(32-28)33(2)3/h4-8,13-15,18-19H,9-12,16H2,1-3H3,(H,29,35)(H,30,31,32)/t18-,19+. The highest BCUT2D eigenvalue weighted by Crippen LogP contribution is 2.28. The summed E-state index contributed by atoms with van der Waals surface area (Å²) in [4.78, 5) is 36.6. The van der Waals surface area contributed by atoms with E-state index in [1.54, 1.807) is 12.1 Å². The lowest BCUT2D eigenvalue weighted by Crippen LogP contribution is -2.34. The molecule has 0 unspecified atom stereocenters. The van der Waals surface area contributed by atoms with Crippen molar-refractivity contribution >= 4 is 39.5 Å². The van der Waals surface area contributed by atoms with Gasteiger partial charge in [-0.15, -0.1) is 0 Å². The first-order chi connectivity index (χ1) is 17.4. The number of para-hydroxylation sites is 1. The Morgan fingerprint density at radius 3 is 2.58 bits per heavy atom. The van der Waals surface area contributed by atoms with Gasteiger partial charge in [0, 0.05) is 38.1 Å². The summed E-state index contributed by atoms with van der Waals surface area (Å²) >= 11 is 0. The molecule has 0 spiro atoms. The van der Waals surface area contributed by atoms with Crippen LogP contribution in [0.2, 0.25) is 0 Å². The van der Waals surface area contributed by atoms with Crippen LogP contribution in [0.15, 0.2) is 57.7 Å². The molecule has 2 N–H and O–H groups in total. The summed E-state index contributed by atoms with van der Waals surface area (Å²) in [7, 11) is 3.98. The summed E-state index contributed by atoms with van der Waals surface area (Å²) < 4.78 is 5.70. The normalized spacial score (nSPS) is 17.8. The summed E-state index contributed by atoms with van der Waals surface area (Å²) in [5, 5.41) is 8.00. The minimum atomic E-state index is -0.351. The van der Waals surface area contributed by atoms with E-state index in [2.05, 4.69) is 10.6 Å². The van der Waals surface area contributed by atoms with Gasteiger partial charge in [-0.3, -0.25) is 9.59 Å². The molecule has 2 heterocycles. The Morgan fingerprint density at radius 2 is 1.81 bits per heavy atom. The number of nitrogens with one attached hydrogen (secondary N) is 2. The number of carbonyl (C=O) groups is 1.